The molecule has 0 aromatic rings. The van der Waals surface area contributed by atoms with Crippen molar-refractivity contribution >= 4 is 19.9 Å². The summed E-state index contributed by atoms with van der Waals surface area (Å²) in [6, 6.07) is -0.447. The number of hydrogen-bond acceptors (Lipinski definition) is 5. The Kier molecular flexibility index (Phi) is 5.57. The van der Waals surface area contributed by atoms with E-state index in [1.165, 1.54) is 0 Å². The molecule has 0 radical (unpaired) electrons. The third kappa shape index (κ3) is 6.12. The lowest BCUT2D eigenvalue weighted by atomic mass is 10.1. The van der Waals surface area contributed by atoms with Gasteiger partial charge in [0.1, 0.15) is 9.84 Å². The van der Waals surface area contributed by atoms with Crippen molar-refractivity contribution in [1.82, 2.24) is 4.72 Å². The lowest BCUT2D eigenvalue weighted by Crippen LogP contribution is -2.48. The molecule has 108 valence electrons. The zero-order chi connectivity index (χ0) is 13.8. The molecule has 1 aliphatic carbocycles. The van der Waals surface area contributed by atoms with Gasteiger partial charge in [0, 0.05) is 18.3 Å². The predicted molar refractivity (Wildman–Crippen MR) is 71.5 cm³/mol. The largest absolute Gasteiger partial charge is 0.326 e. The van der Waals surface area contributed by atoms with Gasteiger partial charge in [-0.2, -0.15) is 0 Å². The first-order chi connectivity index (χ1) is 8.20. The van der Waals surface area contributed by atoms with Crippen LogP contribution in [-0.4, -0.2) is 46.7 Å². The van der Waals surface area contributed by atoms with Crippen LogP contribution in [0.1, 0.15) is 32.1 Å². The maximum atomic E-state index is 11.8. The summed E-state index contributed by atoms with van der Waals surface area (Å²) in [7, 11) is -6.84. The lowest BCUT2D eigenvalue weighted by Gasteiger charge is -2.22. The molecule has 2 unspecified atom stereocenters. The summed E-state index contributed by atoms with van der Waals surface area (Å²) >= 11 is 0. The van der Waals surface area contributed by atoms with Crippen molar-refractivity contribution in [1.29, 1.82) is 0 Å². The second-order valence-electron chi connectivity index (χ2n) is 4.97. The Balaban J connectivity index is 2.58. The molecule has 0 saturated heterocycles. The zero-order valence-electron chi connectivity index (χ0n) is 10.6. The highest BCUT2D eigenvalue weighted by Gasteiger charge is 2.25. The van der Waals surface area contributed by atoms with Crippen molar-refractivity contribution in [3.8, 4) is 0 Å². The van der Waals surface area contributed by atoms with Crippen molar-refractivity contribution in [3.05, 3.63) is 0 Å². The summed E-state index contributed by atoms with van der Waals surface area (Å²) in [5.74, 6) is -0.751. The standard InChI is InChI=1S/C10H22N2O4S2/c1-17(13,14)7-8-18(15,16)12-10-6-4-2-3-5-9(10)11/h9-10,12H,2-8,11H2,1H3. The van der Waals surface area contributed by atoms with Gasteiger partial charge in [-0.05, 0) is 12.8 Å². The van der Waals surface area contributed by atoms with Gasteiger partial charge in [0.15, 0.2) is 0 Å². The predicted octanol–water partition coefficient (Wildman–Crippen LogP) is -0.390. The average Bonchev–Trinajstić information content (AvgIpc) is 2.41. The molecule has 0 aromatic carbocycles. The summed E-state index contributed by atoms with van der Waals surface area (Å²) in [5.41, 5.74) is 5.92. The van der Waals surface area contributed by atoms with Gasteiger partial charge < -0.3 is 5.73 Å². The van der Waals surface area contributed by atoms with Gasteiger partial charge in [0.2, 0.25) is 10.0 Å². The molecule has 0 amide bonds. The van der Waals surface area contributed by atoms with Crippen LogP contribution >= 0.6 is 0 Å². The van der Waals surface area contributed by atoms with E-state index in [1.807, 2.05) is 0 Å². The molecular weight excluding hydrogens is 276 g/mol. The van der Waals surface area contributed by atoms with Gasteiger partial charge in [0.25, 0.3) is 0 Å². The number of sulfonamides is 1. The van der Waals surface area contributed by atoms with Crippen LogP contribution in [0, 0.1) is 0 Å². The molecule has 0 aromatic heterocycles. The van der Waals surface area contributed by atoms with E-state index in [9.17, 15) is 16.8 Å². The number of hydrogen-bond donors (Lipinski definition) is 2. The summed E-state index contributed by atoms with van der Waals surface area (Å²) in [6.07, 6.45) is 5.59. The fraction of sp³-hybridized carbons (Fsp3) is 1.00. The molecule has 18 heavy (non-hydrogen) atoms. The van der Waals surface area contributed by atoms with Crippen LogP contribution < -0.4 is 10.5 Å². The summed E-state index contributed by atoms with van der Waals surface area (Å²) in [6.45, 7) is 0. The third-order valence-electron chi connectivity index (χ3n) is 3.12. The van der Waals surface area contributed by atoms with Crippen LogP contribution in [-0.2, 0) is 19.9 Å². The quantitative estimate of drug-likeness (QED) is 0.672. The molecular formula is C10H22N2O4S2. The first kappa shape index (κ1) is 15.9. The van der Waals surface area contributed by atoms with E-state index in [4.69, 9.17) is 5.73 Å². The molecule has 1 rings (SSSR count). The lowest BCUT2D eigenvalue weighted by molar-refractivity contribution is 0.456. The number of rotatable bonds is 5. The van der Waals surface area contributed by atoms with Crippen LogP contribution in [0.25, 0.3) is 0 Å². The summed E-state index contributed by atoms with van der Waals surface area (Å²) in [4.78, 5) is 0. The highest BCUT2D eigenvalue weighted by Crippen LogP contribution is 2.17. The van der Waals surface area contributed by atoms with E-state index in [0.717, 1.165) is 38.4 Å². The SMILES string of the molecule is CS(=O)(=O)CCS(=O)(=O)NC1CCCCCC1N. The monoisotopic (exact) mass is 298 g/mol. The molecule has 1 aliphatic rings. The summed E-state index contributed by atoms with van der Waals surface area (Å²) < 4.78 is 48.0. The van der Waals surface area contributed by atoms with Gasteiger partial charge >= 0.3 is 0 Å². The Hall–Kier alpha value is -0.180. The first-order valence-corrected chi connectivity index (χ1v) is 9.84. The second-order valence-corrected chi connectivity index (χ2v) is 9.11. The van der Waals surface area contributed by atoms with Crippen molar-refractivity contribution in [2.75, 3.05) is 17.8 Å². The topological polar surface area (TPSA) is 106 Å². The molecule has 8 heteroatoms. The fourth-order valence-corrected chi connectivity index (χ4v) is 4.99. The van der Waals surface area contributed by atoms with E-state index in [-0.39, 0.29) is 17.8 Å². The smallest absolute Gasteiger partial charge is 0.212 e. The van der Waals surface area contributed by atoms with Gasteiger partial charge in [0.05, 0.1) is 11.5 Å². The van der Waals surface area contributed by atoms with Crippen molar-refractivity contribution in [3.63, 3.8) is 0 Å². The number of nitrogens with two attached hydrogens (primary N) is 1. The van der Waals surface area contributed by atoms with E-state index in [0.29, 0.717) is 0 Å². The Morgan fingerprint density at radius 2 is 1.67 bits per heavy atom. The highest BCUT2D eigenvalue weighted by atomic mass is 32.2. The Bertz CT molecular complexity index is 458. The molecule has 0 heterocycles. The van der Waals surface area contributed by atoms with Crippen LogP contribution in [0.15, 0.2) is 0 Å². The van der Waals surface area contributed by atoms with Gasteiger partial charge in [-0.1, -0.05) is 19.3 Å². The maximum absolute atomic E-state index is 11.8. The van der Waals surface area contributed by atoms with Gasteiger partial charge in [-0.3, -0.25) is 0 Å². The molecule has 0 spiro atoms. The number of sulfone groups is 1. The molecule has 6 nitrogen and oxygen atoms in total. The second kappa shape index (κ2) is 6.31. The molecule has 0 bridgehead atoms. The summed E-state index contributed by atoms with van der Waals surface area (Å²) in [5, 5.41) is 0. The first-order valence-electron chi connectivity index (χ1n) is 6.13. The Morgan fingerprint density at radius 3 is 2.28 bits per heavy atom. The normalized spacial score (nSPS) is 26.8. The molecule has 1 fully saturated rings. The maximum Gasteiger partial charge on any atom is 0.212 e. The van der Waals surface area contributed by atoms with Crippen LogP contribution in [0.3, 0.4) is 0 Å². The van der Waals surface area contributed by atoms with Crippen LogP contribution in [0.4, 0.5) is 0 Å². The van der Waals surface area contributed by atoms with Crippen molar-refractivity contribution in [2.45, 2.75) is 44.2 Å². The minimum Gasteiger partial charge on any atom is -0.326 e. The van der Waals surface area contributed by atoms with E-state index in [1.54, 1.807) is 0 Å². The van der Waals surface area contributed by atoms with Crippen molar-refractivity contribution in [2.24, 2.45) is 5.73 Å². The molecule has 3 N–H and O–H groups in total. The van der Waals surface area contributed by atoms with Crippen LogP contribution in [0.2, 0.25) is 0 Å². The van der Waals surface area contributed by atoms with Gasteiger partial charge in [-0.15, -0.1) is 0 Å². The highest BCUT2D eigenvalue weighted by molar-refractivity contribution is 7.93. The Labute approximate surface area is 109 Å². The Morgan fingerprint density at radius 1 is 1.06 bits per heavy atom. The number of nitrogens with one attached hydrogen (secondary N) is 1. The fourth-order valence-electron chi connectivity index (χ4n) is 2.03. The zero-order valence-corrected chi connectivity index (χ0v) is 12.3. The van der Waals surface area contributed by atoms with E-state index < -0.39 is 25.6 Å². The molecule has 0 aliphatic heterocycles. The van der Waals surface area contributed by atoms with E-state index in [2.05, 4.69) is 4.72 Å². The van der Waals surface area contributed by atoms with Crippen LogP contribution in [0.5, 0.6) is 0 Å². The molecule has 2 atom stereocenters. The molecule has 1 saturated carbocycles. The third-order valence-corrected chi connectivity index (χ3v) is 5.73. The minimum atomic E-state index is -3.57. The van der Waals surface area contributed by atoms with Crippen molar-refractivity contribution < 1.29 is 16.8 Å². The van der Waals surface area contributed by atoms with E-state index >= 15 is 0 Å². The van der Waals surface area contributed by atoms with Gasteiger partial charge in [-0.25, -0.2) is 21.6 Å². The minimum absolute atomic E-state index is 0.180. The average molecular weight is 298 g/mol.